The average Bonchev–Trinajstić information content (AvgIpc) is 3.06. The molecule has 0 spiro atoms. The smallest absolute Gasteiger partial charge is 0.191 e. The van der Waals surface area contributed by atoms with Crippen molar-refractivity contribution in [3.63, 3.8) is 0 Å². The molecule has 1 aliphatic carbocycles. The molecule has 2 rings (SSSR count). The minimum atomic E-state index is -0.687. The molecule has 1 unspecified atom stereocenters. The van der Waals surface area contributed by atoms with Gasteiger partial charge in [-0.3, -0.25) is 0 Å². The van der Waals surface area contributed by atoms with E-state index in [9.17, 15) is 5.11 Å². The van der Waals surface area contributed by atoms with E-state index in [1.54, 1.807) is 11.8 Å². The van der Waals surface area contributed by atoms with Gasteiger partial charge in [0.05, 0.1) is 12.1 Å². The normalized spacial score (nSPS) is 19.2. The summed E-state index contributed by atoms with van der Waals surface area (Å²) in [5, 5.41) is 19.5. The highest BCUT2D eigenvalue weighted by Crippen LogP contribution is 2.39. The van der Waals surface area contributed by atoms with Gasteiger partial charge in [0.25, 0.3) is 0 Å². The van der Waals surface area contributed by atoms with E-state index in [0.717, 1.165) is 11.0 Å². The van der Waals surface area contributed by atoms with Gasteiger partial charge in [-0.05, 0) is 25.7 Å². The van der Waals surface area contributed by atoms with Crippen molar-refractivity contribution in [2.24, 2.45) is 11.7 Å². The van der Waals surface area contributed by atoms with E-state index in [-0.39, 0.29) is 5.92 Å². The molecule has 0 aliphatic heterocycles. The third-order valence-corrected chi connectivity index (χ3v) is 4.83. The molecule has 18 heavy (non-hydrogen) atoms. The molecular formula is C12H22N4OS. The van der Waals surface area contributed by atoms with Gasteiger partial charge in [0.2, 0.25) is 0 Å². The van der Waals surface area contributed by atoms with E-state index in [4.69, 9.17) is 5.73 Å². The van der Waals surface area contributed by atoms with Gasteiger partial charge in [-0.1, -0.05) is 25.6 Å². The Morgan fingerprint density at radius 2 is 2.17 bits per heavy atom. The third-order valence-electron chi connectivity index (χ3n) is 3.57. The monoisotopic (exact) mass is 270 g/mol. The molecule has 3 N–H and O–H groups in total. The maximum Gasteiger partial charge on any atom is 0.191 e. The summed E-state index contributed by atoms with van der Waals surface area (Å²) in [6.07, 6.45) is 2.36. The summed E-state index contributed by atoms with van der Waals surface area (Å²) in [6, 6.07) is 0.519. The standard InChI is InChI=1S/C12H22N4OS/c1-8(2)12(3,17)7-18-11-15-14-10(6-13)16(11)9-4-5-9/h8-9,17H,4-7,13H2,1-3H3. The van der Waals surface area contributed by atoms with Crippen LogP contribution < -0.4 is 5.73 Å². The molecule has 0 bridgehead atoms. The third kappa shape index (κ3) is 2.87. The van der Waals surface area contributed by atoms with Crippen LogP contribution in [-0.2, 0) is 6.54 Å². The molecule has 0 aromatic carbocycles. The van der Waals surface area contributed by atoms with Crippen molar-refractivity contribution in [2.75, 3.05) is 5.75 Å². The minimum Gasteiger partial charge on any atom is -0.389 e. The van der Waals surface area contributed by atoms with Crippen molar-refractivity contribution in [1.29, 1.82) is 0 Å². The Morgan fingerprint density at radius 3 is 2.67 bits per heavy atom. The van der Waals surface area contributed by atoms with Gasteiger partial charge in [0, 0.05) is 11.8 Å². The van der Waals surface area contributed by atoms with Crippen LogP contribution in [0.3, 0.4) is 0 Å². The van der Waals surface area contributed by atoms with Crippen molar-refractivity contribution in [3.05, 3.63) is 5.82 Å². The van der Waals surface area contributed by atoms with Crippen LogP contribution in [0.4, 0.5) is 0 Å². The summed E-state index contributed by atoms with van der Waals surface area (Å²) in [5.41, 5.74) is 4.99. The zero-order valence-electron chi connectivity index (χ0n) is 11.3. The first kappa shape index (κ1) is 13.8. The van der Waals surface area contributed by atoms with Gasteiger partial charge in [-0.25, -0.2) is 0 Å². The van der Waals surface area contributed by atoms with Crippen molar-refractivity contribution in [2.45, 2.75) is 57.0 Å². The van der Waals surface area contributed by atoms with Crippen molar-refractivity contribution in [1.82, 2.24) is 14.8 Å². The number of rotatable bonds is 6. The fourth-order valence-corrected chi connectivity index (χ4v) is 2.87. The Labute approximate surface area is 112 Å². The lowest BCUT2D eigenvalue weighted by Gasteiger charge is -2.26. The molecule has 1 aliphatic rings. The second-order valence-corrected chi connectivity index (χ2v) is 6.45. The first-order valence-corrected chi connectivity index (χ1v) is 7.43. The number of aliphatic hydroxyl groups is 1. The fourth-order valence-electron chi connectivity index (χ4n) is 1.62. The van der Waals surface area contributed by atoms with Crippen molar-refractivity contribution in [3.8, 4) is 0 Å². The largest absolute Gasteiger partial charge is 0.389 e. The number of nitrogens with zero attached hydrogens (tertiary/aromatic N) is 3. The maximum absolute atomic E-state index is 10.3. The predicted octanol–water partition coefficient (Wildman–Crippen LogP) is 1.57. The molecule has 1 aromatic heterocycles. The molecule has 1 fully saturated rings. The van der Waals surface area contributed by atoms with Crippen LogP contribution >= 0.6 is 11.8 Å². The van der Waals surface area contributed by atoms with E-state index in [0.29, 0.717) is 18.3 Å². The molecule has 1 atom stereocenters. The number of nitrogens with two attached hydrogens (primary N) is 1. The fraction of sp³-hybridized carbons (Fsp3) is 0.833. The zero-order valence-corrected chi connectivity index (χ0v) is 12.1. The highest BCUT2D eigenvalue weighted by Gasteiger charge is 2.31. The van der Waals surface area contributed by atoms with Crippen LogP contribution in [-0.4, -0.2) is 31.2 Å². The summed E-state index contributed by atoms with van der Waals surface area (Å²) in [7, 11) is 0. The van der Waals surface area contributed by atoms with E-state index in [1.165, 1.54) is 12.8 Å². The molecule has 1 aromatic rings. The maximum atomic E-state index is 10.3. The van der Waals surface area contributed by atoms with Crippen LogP contribution in [0, 0.1) is 5.92 Å². The lowest BCUT2D eigenvalue weighted by atomic mass is 9.95. The van der Waals surface area contributed by atoms with E-state index < -0.39 is 5.60 Å². The number of aromatic nitrogens is 3. The lowest BCUT2D eigenvalue weighted by Crippen LogP contribution is -2.33. The Hall–Kier alpha value is -0.590. The topological polar surface area (TPSA) is 77.0 Å². The Bertz CT molecular complexity index is 412. The molecule has 0 radical (unpaired) electrons. The van der Waals surface area contributed by atoms with Gasteiger partial charge in [0.15, 0.2) is 5.16 Å². The highest BCUT2D eigenvalue weighted by molar-refractivity contribution is 7.99. The minimum absolute atomic E-state index is 0.219. The van der Waals surface area contributed by atoms with Crippen LogP contribution in [0.5, 0.6) is 0 Å². The molecule has 1 heterocycles. The lowest BCUT2D eigenvalue weighted by molar-refractivity contribution is 0.0376. The molecule has 102 valence electrons. The highest BCUT2D eigenvalue weighted by atomic mass is 32.2. The number of hydrogen-bond donors (Lipinski definition) is 2. The first-order valence-electron chi connectivity index (χ1n) is 6.44. The Kier molecular flexibility index (Phi) is 3.99. The predicted molar refractivity (Wildman–Crippen MR) is 72.4 cm³/mol. The van der Waals surface area contributed by atoms with Crippen molar-refractivity contribution < 1.29 is 5.11 Å². The summed E-state index contributed by atoms with van der Waals surface area (Å²) in [5.74, 6) is 1.69. The van der Waals surface area contributed by atoms with Crippen LogP contribution in [0.15, 0.2) is 5.16 Å². The molecular weight excluding hydrogens is 248 g/mol. The summed E-state index contributed by atoms with van der Waals surface area (Å²) < 4.78 is 2.14. The Morgan fingerprint density at radius 1 is 1.50 bits per heavy atom. The first-order chi connectivity index (χ1) is 8.45. The van der Waals surface area contributed by atoms with E-state index >= 15 is 0 Å². The average molecular weight is 270 g/mol. The van der Waals surface area contributed by atoms with Gasteiger partial charge < -0.3 is 15.4 Å². The zero-order chi connectivity index (χ0) is 13.3. The number of thioether (sulfide) groups is 1. The molecule has 0 saturated heterocycles. The second kappa shape index (κ2) is 5.19. The van der Waals surface area contributed by atoms with Gasteiger partial charge in [0.1, 0.15) is 5.82 Å². The quantitative estimate of drug-likeness (QED) is 0.767. The molecule has 1 saturated carbocycles. The summed E-state index contributed by atoms with van der Waals surface area (Å²) in [4.78, 5) is 0. The summed E-state index contributed by atoms with van der Waals surface area (Å²) in [6.45, 7) is 6.34. The SMILES string of the molecule is CC(C)C(C)(O)CSc1nnc(CN)n1C1CC1. The van der Waals surface area contributed by atoms with E-state index in [1.807, 2.05) is 20.8 Å². The van der Waals surface area contributed by atoms with Gasteiger partial charge >= 0.3 is 0 Å². The van der Waals surface area contributed by atoms with Crippen LogP contribution in [0.1, 0.15) is 45.5 Å². The number of hydrogen-bond acceptors (Lipinski definition) is 5. The molecule has 0 amide bonds. The van der Waals surface area contributed by atoms with Gasteiger partial charge in [-0.2, -0.15) is 0 Å². The van der Waals surface area contributed by atoms with Gasteiger partial charge in [-0.15, -0.1) is 10.2 Å². The van der Waals surface area contributed by atoms with Crippen LogP contribution in [0.25, 0.3) is 0 Å². The molecule has 6 heteroatoms. The second-order valence-electron chi connectivity index (χ2n) is 5.50. The van der Waals surface area contributed by atoms with E-state index in [2.05, 4.69) is 14.8 Å². The van der Waals surface area contributed by atoms with Crippen LogP contribution in [0.2, 0.25) is 0 Å². The van der Waals surface area contributed by atoms with Crippen molar-refractivity contribution >= 4 is 11.8 Å². The summed E-state index contributed by atoms with van der Waals surface area (Å²) >= 11 is 1.57. The molecule has 5 nitrogen and oxygen atoms in total. The Balaban J connectivity index is 2.08.